The highest BCUT2D eigenvalue weighted by atomic mass is 16.4. The molecule has 1 rings (SSSR count). The van der Waals surface area contributed by atoms with Gasteiger partial charge >= 0.3 is 5.97 Å². The van der Waals surface area contributed by atoms with Gasteiger partial charge in [-0.15, -0.1) is 0 Å². The molecule has 0 unspecified atom stereocenters. The third kappa shape index (κ3) is 8.66. The summed E-state index contributed by atoms with van der Waals surface area (Å²) >= 11 is 0. The van der Waals surface area contributed by atoms with Gasteiger partial charge in [0.05, 0.1) is 6.04 Å². The van der Waals surface area contributed by atoms with Gasteiger partial charge in [-0.25, -0.2) is 0 Å². The van der Waals surface area contributed by atoms with Crippen molar-refractivity contribution in [2.24, 2.45) is 5.73 Å². The Morgan fingerprint density at radius 2 is 1.93 bits per heavy atom. The van der Waals surface area contributed by atoms with Crippen molar-refractivity contribution in [3.05, 3.63) is 0 Å². The third-order valence-electron chi connectivity index (χ3n) is 4.16. The molecule has 0 saturated carbocycles. The van der Waals surface area contributed by atoms with Crippen LogP contribution in [-0.4, -0.2) is 72.5 Å². The number of carbonyl (C=O) groups is 4. The standard InChI is InChI=1S/C16H29N7O5/c1-9(22-15(28)10-4-2-6-19-10)13(26)23-11(5-3-7-20-16(17)18)14(27)21-8-12(24)25/h9-11,19H,2-8H2,1H3,(H,21,27)(H,22,28)(H,23,26)(H,24,25)(H4,17,18,20)/t9-,10-,11-/m0/s1. The van der Waals surface area contributed by atoms with Gasteiger partial charge in [0.2, 0.25) is 17.7 Å². The molecule has 1 heterocycles. The molecule has 0 aliphatic carbocycles. The van der Waals surface area contributed by atoms with Crippen molar-refractivity contribution in [2.75, 3.05) is 19.6 Å². The maximum absolute atomic E-state index is 12.4. The van der Waals surface area contributed by atoms with Crippen LogP contribution in [0.5, 0.6) is 0 Å². The van der Waals surface area contributed by atoms with Crippen LogP contribution in [0.2, 0.25) is 0 Å². The summed E-state index contributed by atoms with van der Waals surface area (Å²) in [5.74, 6) is -2.90. The van der Waals surface area contributed by atoms with Crippen LogP contribution < -0.4 is 32.3 Å². The second-order valence-corrected chi connectivity index (χ2v) is 6.53. The minimum absolute atomic E-state index is 0.197. The first-order valence-corrected chi connectivity index (χ1v) is 9.12. The van der Waals surface area contributed by atoms with E-state index in [2.05, 4.69) is 26.6 Å². The summed E-state index contributed by atoms with van der Waals surface area (Å²) in [6.45, 7) is 1.99. The molecular weight excluding hydrogens is 370 g/mol. The molecule has 0 radical (unpaired) electrons. The van der Waals surface area contributed by atoms with Gasteiger partial charge in [-0.2, -0.15) is 0 Å². The van der Waals surface area contributed by atoms with Crippen molar-refractivity contribution >= 4 is 29.7 Å². The smallest absolute Gasteiger partial charge is 0.322 e. The van der Waals surface area contributed by atoms with E-state index < -0.39 is 36.4 Å². The van der Waals surface area contributed by atoms with Crippen LogP contribution >= 0.6 is 0 Å². The molecule has 0 spiro atoms. The molecule has 1 aliphatic rings. The lowest BCUT2D eigenvalue weighted by molar-refractivity contribution is -0.138. The zero-order valence-electron chi connectivity index (χ0n) is 15.8. The summed E-state index contributed by atoms with van der Waals surface area (Å²) in [6, 6.07) is -2.17. The second-order valence-electron chi connectivity index (χ2n) is 6.53. The Kier molecular flexibility index (Phi) is 9.71. The molecule has 0 bridgehead atoms. The van der Waals surface area contributed by atoms with Crippen molar-refractivity contribution in [2.45, 2.75) is 50.7 Å². The maximum atomic E-state index is 12.4. The molecule has 0 aromatic carbocycles. The predicted octanol–water partition coefficient (Wildman–Crippen LogP) is -2.81. The van der Waals surface area contributed by atoms with E-state index in [1.54, 1.807) is 0 Å². The van der Waals surface area contributed by atoms with Crippen LogP contribution in [0.15, 0.2) is 0 Å². The maximum Gasteiger partial charge on any atom is 0.322 e. The average molecular weight is 399 g/mol. The van der Waals surface area contributed by atoms with Crippen LogP contribution in [0.25, 0.3) is 0 Å². The quantitative estimate of drug-likeness (QED) is 0.103. The molecule has 1 fully saturated rings. The number of hydrogen-bond donors (Lipinski definition) is 8. The molecule has 3 atom stereocenters. The molecule has 158 valence electrons. The summed E-state index contributed by atoms with van der Waals surface area (Å²) in [6.07, 6.45) is 2.18. The van der Waals surface area contributed by atoms with Gasteiger partial charge in [0.25, 0.3) is 0 Å². The van der Waals surface area contributed by atoms with E-state index in [9.17, 15) is 19.2 Å². The number of guanidine groups is 1. The fraction of sp³-hybridized carbons (Fsp3) is 0.688. The van der Waals surface area contributed by atoms with E-state index in [0.29, 0.717) is 19.4 Å². The molecule has 9 N–H and O–H groups in total. The minimum atomic E-state index is -1.21. The first kappa shape index (κ1) is 23.1. The molecule has 1 saturated heterocycles. The van der Waals surface area contributed by atoms with Crippen LogP contribution in [0.1, 0.15) is 32.6 Å². The zero-order chi connectivity index (χ0) is 21.1. The second kappa shape index (κ2) is 11.7. The summed E-state index contributed by atoms with van der Waals surface area (Å²) in [5.41, 5.74) is 5.18. The van der Waals surface area contributed by atoms with E-state index in [1.165, 1.54) is 6.92 Å². The minimum Gasteiger partial charge on any atom is -0.480 e. The van der Waals surface area contributed by atoms with E-state index in [0.717, 1.165) is 13.0 Å². The van der Waals surface area contributed by atoms with Gasteiger partial charge in [0.1, 0.15) is 18.6 Å². The third-order valence-corrected chi connectivity index (χ3v) is 4.16. The summed E-state index contributed by atoms with van der Waals surface area (Å²) in [7, 11) is 0. The van der Waals surface area contributed by atoms with Crippen LogP contribution in [0.3, 0.4) is 0 Å². The van der Waals surface area contributed by atoms with Gasteiger partial charge in [-0.3, -0.25) is 24.6 Å². The Morgan fingerprint density at radius 1 is 1.21 bits per heavy atom. The molecule has 3 amide bonds. The highest BCUT2D eigenvalue weighted by Crippen LogP contribution is 2.05. The number of amides is 3. The van der Waals surface area contributed by atoms with Crippen molar-refractivity contribution in [1.82, 2.24) is 26.6 Å². The fourth-order valence-corrected chi connectivity index (χ4v) is 2.67. The van der Waals surface area contributed by atoms with Gasteiger partial charge < -0.3 is 37.4 Å². The van der Waals surface area contributed by atoms with Crippen LogP contribution in [0, 0.1) is 5.41 Å². The number of carboxylic acid groups (broad SMARTS) is 1. The number of nitrogens with two attached hydrogens (primary N) is 1. The Labute approximate surface area is 162 Å². The van der Waals surface area contributed by atoms with Crippen molar-refractivity contribution in [3.63, 3.8) is 0 Å². The highest BCUT2D eigenvalue weighted by molar-refractivity contribution is 5.93. The predicted molar refractivity (Wildman–Crippen MR) is 100 cm³/mol. The molecule has 12 nitrogen and oxygen atoms in total. The number of hydrogen-bond acceptors (Lipinski definition) is 6. The zero-order valence-corrected chi connectivity index (χ0v) is 15.8. The normalized spacial score (nSPS) is 17.8. The molecule has 28 heavy (non-hydrogen) atoms. The van der Waals surface area contributed by atoms with E-state index in [-0.39, 0.29) is 24.3 Å². The van der Waals surface area contributed by atoms with E-state index >= 15 is 0 Å². The molecule has 1 aliphatic heterocycles. The molecular formula is C16H29N7O5. The highest BCUT2D eigenvalue weighted by Gasteiger charge is 2.27. The first-order chi connectivity index (χ1) is 13.2. The molecule has 0 aromatic rings. The van der Waals surface area contributed by atoms with Gasteiger partial charge in [0.15, 0.2) is 5.96 Å². The largest absolute Gasteiger partial charge is 0.480 e. The number of rotatable bonds is 11. The SMILES string of the molecule is C[C@H](NC(=O)[C@@H]1CCCN1)C(=O)N[C@@H](CCCNC(=N)N)C(=O)NCC(=O)O. The van der Waals surface area contributed by atoms with E-state index in [1.807, 2.05) is 0 Å². The Bertz CT molecular complexity index is 592. The van der Waals surface area contributed by atoms with Crippen LogP contribution in [-0.2, 0) is 19.2 Å². The summed E-state index contributed by atoms with van der Waals surface area (Å²) in [4.78, 5) is 47.3. The lowest BCUT2D eigenvalue weighted by Crippen LogP contribution is -2.55. The number of aliphatic carboxylic acids is 1. The van der Waals surface area contributed by atoms with Gasteiger partial charge in [-0.1, -0.05) is 0 Å². The Hall–Kier alpha value is -2.89. The van der Waals surface area contributed by atoms with Crippen molar-refractivity contribution in [3.8, 4) is 0 Å². The fourth-order valence-electron chi connectivity index (χ4n) is 2.67. The topological polar surface area (TPSA) is 199 Å². The summed E-state index contributed by atoms with van der Waals surface area (Å²) in [5, 5.41) is 28.8. The summed E-state index contributed by atoms with van der Waals surface area (Å²) < 4.78 is 0. The molecule has 12 heteroatoms. The average Bonchev–Trinajstić information content (AvgIpc) is 3.16. The monoisotopic (exact) mass is 399 g/mol. The van der Waals surface area contributed by atoms with Gasteiger partial charge in [-0.05, 0) is 39.2 Å². The number of nitrogens with one attached hydrogen (secondary N) is 6. The first-order valence-electron chi connectivity index (χ1n) is 9.12. The molecule has 0 aromatic heterocycles. The number of carboxylic acids is 1. The van der Waals surface area contributed by atoms with Crippen molar-refractivity contribution < 1.29 is 24.3 Å². The Morgan fingerprint density at radius 3 is 2.50 bits per heavy atom. The Balaban J connectivity index is 2.58. The van der Waals surface area contributed by atoms with Gasteiger partial charge in [0, 0.05) is 6.54 Å². The van der Waals surface area contributed by atoms with Crippen LogP contribution in [0.4, 0.5) is 0 Å². The van der Waals surface area contributed by atoms with Crippen molar-refractivity contribution in [1.29, 1.82) is 5.41 Å². The number of carbonyl (C=O) groups excluding carboxylic acids is 3. The lowest BCUT2D eigenvalue weighted by Gasteiger charge is -2.22. The van der Waals surface area contributed by atoms with E-state index in [4.69, 9.17) is 16.2 Å². The lowest BCUT2D eigenvalue weighted by atomic mass is 10.1.